The number of carbonyl (C=O) groups is 2. The minimum absolute atomic E-state index is 0.0773. The average Bonchev–Trinajstić information content (AvgIpc) is 3.07. The zero-order chi connectivity index (χ0) is 17.0. The third-order valence-electron chi connectivity index (χ3n) is 3.86. The standard InChI is InChI=1S/C16H25N3O3S/c1-9(2)7-12(14(20)19-16-17-5-6-23-16)18-15(21)13-10(3)8-11(4)22-13/h5-6,9-13H,7-8H2,1-4H3,(H,18,21)(H,17,19,20)/t10-,11+,12+,13-/m1/s1. The molecule has 0 bridgehead atoms. The molecule has 0 aromatic carbocycles. The summed E-state index contributed by atoms with van der Waals surface area (Å²) in [5, 5.41) is 7.94. The lowest BCUT2D eigenvalue weighted by Crippen LogP contribution is -2.49. The Kier molecular flexibility index (Phi) is 6.12. The number of amides is 2. The molecule has 2 heterocycles. The summed E-state index contributed by atoms with van der Waals surface area (Å²) >= 11 is 1.35. The van der Waals surface area contributed by atoms with Crippen LogP contribution in [0.3, 0.4) is 0 Å². The highest BCUT2D eigenvalue weighted by molar-refractivity contribution is 7.13. The van der Waals surface area contributed by atoms with E-state index in [1.807, 2.05) is 27.7 Å². The SMILES string of the molecule is CC(C)C[C@H](NC(=O)[C@@H]1O[C@@H](C)C[C@H]1C)C(=O)Nc1nccs1. The van der Waals surface area contributed by atoms with Crippen LogP contribution in [0.25, 0.3) is 0 Å². The topological polar surface area (TPSA) is 80.3 Å². The van der Waals surface area contributed by atoms with Crippen molar-refractivity contribution in [1.82, 2.24) is 10.3 Å². The van der Waals surface area contributed by atoms with E-state index in [-0.39, 0.29) is 29.8 Å². The maximum Gasteiger partial charge on any atom is 0.250 e. The van der Waals surface area contributed by atoms with Crippen molar-refractivity contribution in [2.24, 2.45) is 11.8 Å². The van der Waals surface area contributed by atoms with Gasteiger partial charge in [0, 0.05) is 11.6 Å². The third-order valence-corrected chi connectivity index (χ3v) is 4.55. The smallest absolute Gasteiger partial charge is 0.250 e. The highest BCUT2D eigenvalue weighted by atomic mass is 32.1. The number of ether oxygens (including phenoxy) is 1. The van der Waals surface area contributed by atoms with Crippen LogP contribution >= 0.6 is 11.3 Å². The van der Waals surface area contributed by atoms with Crippen LogP contribution in [0.5, 0.6) is 0 Å². The fraction of sp³-hybridized carbons (Fsp3) is 0.688. The second-order valence-corrected chi connectivity index (χ2v) is 7.49. The highest BCUT2D eigenvalue weighted by Gasteiger charge is 2.36. The van der Waals surface area contributed by atoms with Gasteiger partial charge in [-0.1, -0.05) is 20.8 Å². The lowest BCUT2D eigenvalue weighted by atomic mass is 9.99. The van der Waals surface area contributed by atoms with Crippen LogP contribution in [0.15, 0.2) is 11.6 Å². The average molecular weight is 339 g/mol. The van der Waals surface area contributed by atoms with Crippen molar-refractivity contribution in [3.8, 4) is 0 Å². The molecule has 1 aromatic rings. The van der Waals surface area contributed by atoms with E-state index in [2.05, 4.69) is 15.6 Å². The normalized spacial score (nSPS) is 25.3. The number of rotatable bonds is 6. The molecular weight excluding hydrogens is 314 g/mol. The van der Waals surface area contributed by atoms with Crippen LogP contribution in [0.1, 0.15) is 40.5 Å². The minimum atomic E-state index is -0.585. The molecule has 1 saturated heterocycles. The van der Waals surface area contributed by atoms with Crippen LogP contribution in [0, 0.1) is 11.8 Å². The molecule has 0 aliphatic carbocycles. The van der Waals surface area contributed by atoms with Gasteiger partial charge in [0.1, 0.15) is 12.1 Å². The van der Waals surface area contributed by atoms with Gasteiger partial charge in [-0.15, -0.1) is 11.3 Å². The van der Waals surface area contributed by atoms with Gasteiger partial charge in [0.2, 0.25) is 11.8 Å². The van der Waals surface area contributed by atoms with Gasteiger partial charge < -0.3 is 15.4 Å². The Hall–Kier alpha value is -1.47. The van der Waals surface area contributed by atoms with Crippen LogP contribution in [-0.4, -0.2) is 35.0 Å². The largest absolute Gasteiger partial charge is 0.365 e. The molecule has 2 N–H and O–H groups in total. The Balaban J connectivity index is 2.00. The molecule has 2 rings (SSSR count). The Morgan fingerprint density at radius 3 is 2.70 bits per heavy atom. The summed E-state index contributed by atoms with van der Waals surface area (Å²) < 4.78 is 5.67. The first-order valence-corrected chi connectivity index (χ1v) is 8.91. The lowest BCUT2D eigenvalue weighted by molar-refractivity contribution is -0.136. The van der Waals surface area contributed by atoms with Crippen molar-refractivity contribution in [2.75, 3.05) is 5.32 Å². The predicted molar refractivity (Wildman–Crippen MR) is 90.2 cm³/mol. The summed E-state index contributed by atoms with van der Waals surface area (Å²) in [6.07, 6.45) is 2.66. The van der Waals surface area contributed by atoms with Gasteiger partial charge in [-0.2, -0.15) is 0 Å². The molecule has 23 heavy (non-hydrogen) atoms. The van der Waals surface area contributed by atoms with E-state index < -0.39 is 12.1 Å². The molecule has 0 spiro atoms. The van der Waals surface area contributed by atoms with Crippen molar-refractivity contribution in [1.29, 1.82) is 0 Å². The summed E-state index contributed by atoms with van der Waals surface area (Å²) in [7, 11) is 0. The summed E-state index contributed by atoms with van der Waals surface area (Å²) in [6, 6.07) is -0.585. The van der Waals surface area contributed by atoms with Crippen LogP contribution in [-0.2, 0) is 14.3 Å². The van der Waals surface area contributed by atoms with Crippen molar-refractivity contribution in [3.63, 3.8) is 0 Å². The first kappa shape index (κ1) is 17.9. The molecule has 1 fully saturated rings. The van der Waals surface area contributed by atoms with Gasteiger partial charge in [0.15, 0.2) is 5.13 Å². The van der Waals surface area contributed by atoms with Crippen molar-refractivity contribution in [2.45, 2.75) is 58.8 Å². The fourth-order valence-electron chi connectivity index (χ4n) is 2.84. The summed E-state index contributed by atoms with van der Waals surface area (Å²) in [5.74, 6) is -0.00241. The quantitative estimate of drug-likeness (QED) is 0.834. The second kappa shape index (κ2) is 7.88. The number of carbonyl (C=O) groups excluding carboxylic acids is 2. The maximum atomic E-state index is 12.5. The van der Waals surface area contributed by atoms with Gasteiger partial charge in [-0.3, -0.25) is 9.59 Å². The molecule has 4 atom stereocenters. The first-order chi connectivity index (χ1) is 10.9. The molecular formula is C16H25N3O3S. The summed E-state index contributed by atoms with van der Waals surface area (Å²) in [6.45, 7) is 8.00. The number of nitrogens with one attached hydrogen (secondary N) is 2. The first-order valence-electron chi connectivity index (χ1n) is 8.03. The Bertz CT molecular complexity index is 533. The van der Waals surface area contributed by atoms with Crippen molar-refractivity contribution < 1.29 is 14.3 Å². The van der Waals surface area contributed by atoms with Crippen LogP contribution in [0.4, 0.5) is 5.13 Å². The zero-order valence-corrected chi connectivity index (χ0v) is 14.9. The van der Waals surface area contributed by atoms with Gasteiger partial charge in [-0.25, -0.2) is 4.98 Å². The third kappa shape index (κ3) is 5.00. The molecule has 1 aliphatic rings. The van der Waals surface area contributed by atoms with Gasteiger partial charge in [0.25, 0.3) is 0 Å². The number of aromatic nitrogens is 1. The van der Waals surface area contributed by atoms with Crippen LogP contribution < -0.4 is 10.6 Å². The van der Waals surface area contributed by atoms with Gasteiger partial charge in [0.05, 0.1) is 6.10 Å². The molecule has 128 valence electrons. The Labute approximate surface area is 141 Å². The highest BCUT2D eigenvalue weighted by Crippen LogP contribution is 2.26. The second-order valence-electron chi connectivity index (χ2n) is 6.60. The van der Waals surface area contributed by atoms with Crippen molar-refractivity contribution in [3.05, 3.63) is 11.6 Å². The van der Waals surface area contributed by atoms with Gasteiger partial charge in [-0.05, 0) is 31.6 Å². The number of hydrogen-bond acceptors (Lipinski definition) is 5. The summed E-state index contributed by atoms with van der Waals surface area (Å²) in [5.41, 5.74) is 0. The van der Waals surface area contributed by atoms with E-state index in [9.17, 15) is 9.59 Å². The predicted octanol–water partition coefficient (Wildman–Crippen LogP) is 2.43. The molecule has 7 heteroatoms. The van der Waals surface area contributed by atoms with E-state index in [0.29, 0.717) is 11.6 Å². The van der Waals surface area contributed by atoms with E-state index in [0.717, 1.165) is 6.42 Å². The number of thiazole rings is 1. The van der Waals surface area contributed by atoms with E-state index >= 15 is 0 Å². The number of hydrogen-bond donors (Lipinski definition) is 2. The summed E-state index contributed by atoms with van der Waals surface area (Å²) in [4.78, 5) is 29.0. The van der Waals surface area contributed by atoms with E-state index in [1.165, 1.54) is 11.3 Å². The van der Waals surface area contributed by atoms with Gasteiger partial charge >= 0.3 is 0 Å². The van der Waals surface area contributed by atoms with Crippen molar-refractivity contribution >= 4 is 28.3 Å². The fourth-order valence-corrected chi connectivity index (χ4v) is 3.37. The molecule has 1 aromatic heterocycles. The molecule has 0 saturated carbocycles. The molecule has 1 aliphatic heterocycles. The van der Waals surface area contributed by atoms with E-state index in [1.54, 1.807) is 11.6 Å². The molecule has 0 radical (unpaired) electrons. The minimum Gasteiger partial charge on any atom is -0.365 e. The molecule has 0 unspecified atom stereocenters. The Morgan fingerprint density at radius 1 is 1.43 bits per heavy atom. The molecule has 2 amide bonds. The number of anilines is 1. The lowest BCUT2D eigenvalue weighted by Gasteiger charge is -2.22. The monoisotopic (exact) mass is 339 g/mol. The number of nitrogens with zero attached hydrogens (tertiary/aromatic N) is 1. The Morgan fingerprint density at radius 2 is 2.17 bits per heavy atom. The molecule has 6 nitrogen and oxygen atoms in total. The van der Waals surface area contributed by atoms with E-state index in [4.69, 9.17) is 4.74 Å². The zero-order valence-electron chi connectivity index (χ0n) is 14.0. The van der Waals surface area contributed by atoms with Crippen LogP contribution in [0.2, 0.25) is 0 Å². The maximum absolute atomic E-state index is 12.5.